The first kappa shape index (κ1) is 22.6. The molecule has 1 N–H and O–H groups in total. The highest BCUT2D eigenvalue weighted by atomic mass is 19.4. The molecular formula is C23H29F3N4O2. The largest absolute Gasteiger partial charge is 0.573 e. The highest BCUT2D eigenvalue weighted by Gasteiger charge is 2.34. The van der Waals surface area contributed by atoms with E-state index in [0.717, 1.165) is 37.9 Å². The van der Waals surface area contributed by atoms with Crippen molar-refractivity contribution in [1.29, 1.82) is 0 Å². The highest BCUT2D eigenvalue weighted by Crippen LogP contribution is 2.38. The van der Waals surface area contributed by atoms with E-state index in [2.05, 4.69) is 33.9 Å². The number of nitrogens with one attached hydrogen (secondary N) is 1. The fraction of sp³-hybridized carbons (Fsp3) is 0.565. The number of piperidine rings is 2. The minimum Gasteiger partial charge on any atom is -0.405 e. The second-order valence-electron chi connectivity index (χ2n) is 9.09. The fourth-order valence-corrected chi connectivity index (χ4v) is 4.92. The quantitative estimate of drug-likeness (QED) is 0.755. The van der Waals surface area contributed by atoms with Crippen LogP contribution in [0.5, 0.6) is 5.75 Å². The summed E-state index contributed by atoms with van der Waals surface area (Å²) < 4.78 is 42.7. The van der Waals surface area contributed by atoms with Crippen molar-refractivity contribution in [3.8, 4) is 5.75 Å². The summed E-state index contributed by atoms with van der Waals surface area (Å²) >= 11 is 0. The molecule has 0 radical (unpaired) electrons. The van der Waals surface area contributed by atoms with Gasteiger partial charge in [0.05, 0.1) is 0 Å². The van der Waals surface area contributed by atoms with E-state index in [1.165, 1.54) is 12.3 Å². The molecule has 32 heavy (non-hydrogen) atoms. The molecular weight excluding hydrogens is 421 g/mol. The van der Waals surface area contributed by atoms with E-state index in [1.807, 2.05) is 4.90 Å². The third-order valence-electron chi connectivity index (χ3n) is 6.47. The summed E-state index contributed by atoms with van der Waals surface area (Å²) in [6.45, 7) is 5.24. The summed E-state index contributed by atoms with van der Waals surface area (Å²) in [4.78, 5) is 21.1. The van der Waals surface area contributed by atoms with Gasteiger partial charge < -0.3 is 19.9 Å². The Bertz CT molecular complexity index is 960. The number of hydrogen-bond acceptors (Lipinski definition) is 4. The van der Waals surface area contributed by atoms with Crippen molar-refractivity contribution in [2.45, 2.75) is 44.5 Å². The number of ether oxygens (including phenoxy) is 1. The van der Waals surface area contributed by atoms with Crippen molar-refractivity contribution in [3.63, 3.8) is 0 Å². The zero-order chi connectivity index (χ0) is 22.9. The van der Waals surface area contributed by atoms with Crippen LogP contribution in [0, 0.1) is 5.92 Å². The van der Waals surface area contributed by atoms with Gasteiger partial charge in [0.25, 0.3) is 0 Å². The van der Waals surface area contributed by atoms with Gasteiger partial charge in [0.1, 0.15) is 5.75 Å². The van der Waals surface area contributed by atoms with Gasteiger partial charge in [-0.3, -0.25) is 4.98 Å². The lowest BCUT2D eigenvalue weighted by Crippen LogP contribution is -2.52. The lowest BCUT2D eigenvalue weighted by Gasteiger charge is -2.38. The Labute approximate surface area is 185 Å². The van der Waals surface area contributed by atoms with Crippen LogP contribution in [-0.4, -0.2) is 66.4 Å². The average Bonchev–Trinajstić information content (AvgIpc) is 2.74. The summed E-state index contributed by atoms with van der Waals surface area (Å²) in [5.41, 5.74) is 0.917. The lowest BCUT2D eigenvalue weighted by atomic mass is 9.83. The maximum Gasteiger partial charge on any atom is 0.573 e. The smallest absolute Gasteiger partial charge is 0.405 e. The predicted octanol–water partition coefficient (Wildman–Crippen LogP) is 4.36. The first-order valence-corrected chi connectivity index (χ1v) is 11.1. The van der Waals surface area contributed by atoms with Gasteiger partial charge in [-0.1, -0.05) is 13.0 Å². The van der Waals surface area contributed by atoms with Crippen LogP contribution in [0.25, 0.3) is 10.8 Å². The van der Waals surface area contributed by atoms with Gasteiger partial charge in [0.2, 0.25) is 0 Å². The number of alkyl halides is 3. The summed E-state index contributed by atoms with van der Waals surface area (Å²) in [7, 11) is 2.08. The van der Waals surface area contributed by atoms with E-state index in [9.17, 15) is 18.0 Å². The Kier molecular flexibility index (Phi) is 6.46. The molecule has 6 nitrogen and oxygen atoms in total. The Hall–Kier alpha value is -2.55. The summed E-state index contributed by atoms with van der Waals surface area (Å²) in [5, 5.41) is 4.18. The number of nitrogens with zero attached hydrogens (tertiary/aromatic N) is 3. The zero-order valence-corrected chi connectivity index (χ0v) is 18.4. The summed E-state index contributed by atoms with van der Waals surface area (Å²) in [5.74, 6) is 0.0388. The molecule has 2 aromatic rings. The summed E-state index contributed by atoms with van der Waals surface area (Å²) in [6.07, 6.45) is 0.929. The van der Waals surface area contributed by atoms with Crippen LogP contribution < -0.4 is 10.1 Å². The van der Waals surface area contributed by atoms with Gasteiger partial charge in [0.15, 0.2) is 0 Å². The van der Waals surface area contributed by atoms with Gasteiger partial charge in [-0.25, -0.2) is 4.79 Å². The van der Waals surface area contributed by atoms with E-state index >= 15 is 0 Å². The van der Waals surface area contributed by atoms with Crippen LogP contribution in [-0.2, 0) is 0 Å². The molecule has 0 aliphatic carbocycles. The summed E-state index contributed by atoms with van der Waals surface area (Å²) in [6, 6.07) is 4.89. The van der Waals surface area contributed by atoms with Crippen molar-refractivity contribution in [1.82, 2.24) is 20.1 Å². The van der Waals surface area contributed by atoms with Crippen LogP contribution in [0.15, 0.2) is 30.6 Å². The molecule has 9 heteroatoms. The van der Waals surface area contributed by atoms with Crippen molar-refractivity contribution in [2.24, 2.45) is 5.92 Å². The molecule has 2 fully saturated rings. The van der Waals surface area contributed by atoms with Crippen LogP contribution in [0.2, 0.25) is 0 Å². The normalized spacial score (nSPS) is 23.3. The molecule has 3 heterocycles. The van der Waals surface area contributed by atoms with E-state index in [-0.39, 0.29) is 29.7 Å². The van der Waals surface area contributed by atoms with Crippen LogP contribution in [0.4, 0.5) is 18.0 Å². The van der Waals surface area contributed by atoms with Crippen molar-refractivity contribution < 1.29 is 22.7 Å². The number of halogens is 3. The third kappa shape index (κ3) is 5.26. The van der Waals surface area contributed by atoms with Crippen molar-refractivity contribution >= 4 is 16.8 Å². The molecule has 2 saturated heterocycles. The first-order valence-electron chi connectivity index (χ1n) is 11.1. The Morgan fingerprint density at radius 3 is 2.62 bits per heavy atom. The molecule has 1 aromatic carbocycles. The molecule has 0 saturated carbocycles. The number of likely N-dealkylation sites (tertiary alicyclic amines) is 2. The predicted molar refractivity (Wildman–Crippen MR) is 116 cm³/mol. The second kappa shape index (κ2) is 9.13. The zero-order valence-electron chi connectivity index (χ0n) is 18.4. The Morgan fingerprint density at radius 2 is 1.91 bits per heavy atom. The maximum atomic E-state index is 13.0. The fourth-order valence-electron chi connectivity index (χ4n) is 4.92. The third-order valence-corrected chi connectivity index (χ3v) is 6.47. The minimum atomic E-state index is -4.77. The molecule has 0 bridgehead atoms. The number of aromatic nitrogens is 1. The van der Waals surface area contributed by atoms with Gasteiger partial charge in [-0.15, -0.1) is 13.2 Å². The number of amides is 2. The van der Waals surface area contributed by atoms with E-state index < -0.39 is 6.36 Å². The SMILES string of the molecule is C[C@@H]1C[C@H](c2ccc(OC(F)(F)F)c3cnccc23)CN(C(=O)NC2CCN(C)CC2)C1. The number of benzene rings is 1. The Morgan fingerprint density at radius 1 is 1.16 bits per heavy atom. The molecule has 2 aliphatic heterocycles. The van der Waals surface area contributed by atoms with E-state index in [4.69, 9.17) is 0 Å². The molecule has 0 spiro atoms. The molecule has 0 unspecified atom stereocenters. The average molecular weight is 451 g/mol. The van der Waals surface area contributed by atoms with Gasteiger partial charge in [-0.2, -0.15) is 0 Å². The monoisotopic (exact) mass is 450 g/mol. The first-order chi connectivity index (χ1) is 15.2. The molecule has 2 atom stereocenters. The molecule has 4 rings (SSSR count). The van der Waals surface area contributed by atoms with Crippen LogP contribution >= 0.6 is 0 Å². The number of urea groups is 1. The number of hydrogen-bond donors (Lipinski definition) is 1. The van der Waals surface area contributed by atoms with Crippen LogP contribution in [0.3, 0.4) is 0 Å². The van der Waals surface area contributed by atoms with Gasteiger partial charge >= 0.3 is 12.4 Å². The number of fused-ring (bicyclic) bond motifs is 1. The topological polar surface area (TPSA) is 57.7 Å². The van der Waals surface area contributed by atoms with Crippen LogP contribution in [0.1, 0.15) is 37.7 Å². The highest BCUT2D eigenvalue weighted by molar-refractivity contribution is 5.91. The standard InChI is InChI=1S/C23H29F3N4O2/c1-15-11-16(14-30(13-15)22(31)28-17-6-9-29(2)10-7-17)18-3-4-21(32-23(24,25)26)20-12-27-8-5-19(18)20/h3-5,8,12,15-17H,6-7,9-11,13-14H2,1-2H3,(H,28,31)/t15-,16+/m1/s1. The lowest BCUT2D eigenvalue weighted by molar-refractivity contribution is -0.274. The Balaban J connectivity index is 1.54. The molecule has 174 valence electrons. The minimum absolute atomic E-state index is 0.0202. The maximum absolute atomic E-state index is 13.0. The number of rotatable bonds is 3. The molecule has 2 aliphatic rings. The molecule has 1 aromatic heterocycles. The second-order valence-corrected chi connectivity index (χ2v) is 9.09. The molecule has 2 amide bonds. The van der Waals surface area contributed by atoms with Gasteiger partial charge in [-0.05, 0) is 68.4 Å². The number of carbonyl (C=O) groups is 1. The number of pyridine rings is 1. The van der Waals surface area contributed by atoms with Gasteiger partial charge in [0, 0.05) is 42.8 Å². The number of carbonyl (C=O) groups excluding carboxylic acids is 1. The van der Waals surface area contributed by atoms with E-state index in [0.29, 0.717) is 23.9 Å². The van der Waals surface area contributed by atoms with Crippen molar-refractivity contribution in [3.05, 3.63) is 36.2 Å². The van der Waals surface area contributed by atoms with Crippen molar-refractivity contribution in [2.75, 3.05) is 33.2 Å². The van der Waals surface area contributed by atoms with E-state index in [1.54, 1.807) is 18.3 Å².